The fraction of sp³-hybridized carbons (Fsp3) is 0.646. The highest BCUT2D eigenvalue weighted by Gasteiger charge is 2.42. The summed E-state index contributed by atoms with van der Waals surface area (Å²) in [4.78, 5) is 183. The van der Waals surface area contributed by atoms with Gasteiger partial charge in [-0.1, -0.05) is 137 Å². The number of hydrogen-bond acceptors (Lipinski definition) is 16. The van der Waals surface area contributed by atoms with E-state index in [2.05, 4.69) is 83.9 Å². The molecule has 2 fully saturated rings. The summed E-state index contributed by atoms with van der Waals surface area (Å²) < 4.78 is 0. The van der Waals surface area contributed by atoms with Crippen molar-refractivity contribution in [3.05, 3.63) is 89.6 Å². The standard InChI is InChI=1S/C82H123N11O12/c1-13-18-23-60(57(12)95)46-75(100)67(42-53(6)7)89-81(105)69(48-63-50-83-52-86-63)87-77(102)35-34-72(97)78(54(8)9)90-79(103)55(10)43-74(99)68(45-62-49-84-66-25-20-19-24-65(62)66)88-80(104)61(31-28-56(11)94)47-73(98)59-32-29-58(30-33-59)44-64(96)51-85-76(101)36-37-82(93(16-4)17-5)38-40-91(14-2)70-26-21-22-27-71(70)92(15-3)41-39-82/h19-20,24-25,29-30,32-33,49-50,52-55,60-61,67-71,78,84H,13-18,21-23,26-28,31,34-48,51H2,1-12H3,(H,83,86)(H,85,101)(H,87,102)(H,88,104)(H,89,105)(H,90,103)/t55-,60-,61-,67+,68+,69+,70-,71-,78?/m1/s1. The Balaban J connectivity index is 1.07. The predicted octanol–water partition coefficient (Wildman–Crippen LogP) is 9.71. The van der Waals surface area contributed by atoms with E-state index in [1.54, 1.807) is 44.3 Å². The molecule has 7 N–H and O–H groups in total. The Kier molecular flexibility index (Phi) is 35.3. The van der Waals surface area contributed by atoms with Gasteiger partial charge in [-0.25, -0.2) is 4.98 Å². The smallest absolute Gasteiger partial charge is 0.243 e. The molecule has 23 heteroatoms. The number of unbranched alkanes of at least 4 members (excludes halogenated alkanes) is 1. The SMILES string of the molecule is CCCC[C@H](CC(=O)[C@H](CC(C)C)NC(=O)[C@H](Cc1cnc[nH]1)NC(=O)CCC(=O)C(NC(=O)[C@H](C)CC(=O)[C@H](Cc1c[nH]c2ccccc12)NC(=O)[C@H](CCC(C)=O)CC(=O)c1ccc(CC(=O)CNC(=O)CCC2(N(CC)CC)CCN(CC)[C@@H]3CCCC[C@H]3N(CC)CC2)cc1)C(C)C)C(C)=O. The third-order valence-electron chi connectivity index (χ3n) is 21.9. The van der Waals surface area contributed by atoms with Crippen LogP contribution in [0.3, 0.4) is 0 Å². The highest BCUT2D eigenvalue weighted by molar-refractivity contribution is 6.01. The first-order valence-electron chi connectivity index (χ1n) is 39.1. The lowest BCUT2D eigenvalue weighted by molar-refractivity contribution is -0.135. The Morgan fingerprint density at radius 2 is 1.29 bits per heavy atom. The van der Waals surface area contributed by atoms with Crippen molar-refractivity contribution >= 4 is 80.9 Å². The number of amides is 5. The zero-order valence-corrected chi connectivity index (χ0v) is 64.9. The van der Waals surface area contributed by atoms with Crippen molar-refractivity contribution in [3.8, 4) is 0 Å². The van der Waals surface area contributed by atoms with E-state index in [1.807, 2.05) is 45.0 Å². The van der Waals surface area contributed by atoms with Gasteiger partial charge in [-0.2, -0.15) is 0 Å². The van der Waals surface area contributed by atoms with E-state index in [9.17, 15) is 57.5 Å². The van der Waals surface area contributed by atoms with Crippen molar-refractivity contribution < 1.29 is 57.5 Å². The molecule has 6 rings (SSSR count). The third-order valence-corrected chi connectivity index (χ3v) is 21.9. The Morgan fingerprint density at radius 3 is 1.88 bits per heavy atom. The predicted molar refractivity (Wildman–Crippen MR) is 408 cm³/mol. The Labute approximate surface area is 623 Å². The van der Waals surface area contributed by atoms with Crippen LogP contribution in [0.2, 0.25) is 0 Å². The summed E-state index contributed by atoms with van der Waals surface area (Å²) >= 11 is 0. The average molecular weight is 1450 g/mol. The van der Waals surface area contributed by atoms with Crippen LogP contribution in [-0.4, -0.2) is 187 Å². The molecule has 9 atom stereocenters. The first-order valence-corrected chi connectivity index (χ1v) is 39.1. The Morgan fingerprint density at radius 1 is 0.638 bits per heavy atom. The number of aromatic amines is 2. The minimum atomic E-state index is -1.21. The monoisotopic (exact) mass is 1450 g/mol. The molecule has 5 amide bonds. The number of benzene rings is 2. The Hall–Kier alpha value is -7.89. The van der Waals surface area contributed by atoms with Gasteiger partial charge in [0.2, 0.25) is 29.5 Å². The zero-order valence-electron chi connectivity index (χ0n) is 64.9. The van der Waals surface area contributed by atoms with Gasteiger partial charge >= 0.3 is 0 Å². The largest absolute Gasteiger partial charge is 0.361 e. The lowest BCUT2D eigenvalue weighted by Gasteiger charge is -2.45. The van der Waals surface area contributed by atoms with E-state index in [0.29, 0.717) is 54.6 Å². The lowest BCUT2D eigenvalue weighted by Crippen LogP contribution is -2.53. The molecule has 0 spiro atoms. The van der Waals surface area contributed by atoms with Gasteiger partial charge in [0.25, 0.3) is 0 Å². The quantitative estimate of drug-likeness (QED) is 0.0202. The number of nitrogens with one attached hydrogen (secondary N) is 7. The minimum absolute atomic E-state index is 0.00227. The molecular formula is C82H123N11O12. The molecule has 3 heterocycles. The summed E-state index contributed by atoms with van der Waals surface area (Å²) in [6, 6.07) is 10.7. The molecule has 0 radical (unpaired) electrons. The van der Waals surface area contributed by atoms with E-state index in [-0.39, 0.29) is 117 Å². The van der Waals surface area contributed by atoms with E-state index in [0.717, 1.165) is 75.9 Å². The summed E-state index contributed by atoms with van der Waals surface area (Å²) in [5, 5.41) is 15.0. The van der Waals surface area contributed by atoms with Crippen LogP contribution in [0, 0.1) is 29.6 Å². The number of nitrogens with zero attached hydrogens (tertiary/aromatic N) is 4. The number of likely N-dealkylation sites (N-methyl/N-ethyl adjacent to an activating group) is 2. The van der Waals surface area contributed by atoms with Crippen molar-refractivity contribution in [2.45, 2.75) is 266 Å². The molecule has 4 aromatic rings. The average Bonchev–Trinajstić information content (AvgIpc) is 1.73. The molecule has 1 saturated carbocycles. The van der Waals surface area contributed by atoms with Crippen molar-refractivity contribution in [1.29, 1.82) is 0 Å². The van der Waals surface area contributed by atoms with Crippen LogP contribution in [0.5, 0.6) is 0 Å². The molecule has 1 aliphatic carbocycles. The topological polar surface area (TPSA) is 319 Å². The molecule has 0 bridgehead atoms. The van der Waals surface area contributed by atoms with E-state index in [4.69, 9.17) is 0 Å². The van der Waals surface area contributed by atoms with Gasteiger partial charge in [-0.05, 0) is 120 Å². The van der Waals surface area contributed by atoms with Crippen LogP contribution >= 0.6 is 0 Å². The molecule has 1 aliphatic heterocycles. The second-order valence-electron chi connectivity index (χ2n) is 30.4. The summed E-state index contributed by atoms with van der Waals surface area (Å²) in [7, 11) is 0. The second-order valence-corrected chi connectivity index (χ2v) is 30.4. The van der Waals surface area contributed by atoms with E-state index >= 15 is 0 Å². The van der Waals surface area contributed by atoms with Crippen molar-refractivity contribution in [3.63, 3.8) is 0 Å². The van der Waals surface area contributed by atoms with Crippen molar-refractivity contribution in [2.24, 2.45) is 29.6 Å². The summed E-state index contributed by atoms with van der Waals surface area (Å²) in [5.74, 6) is -7.83. The normalized spacial score (nSPS) is 17.7. The number of hydrogen-bond donors (Lipinski definition) is 7. The molecule has 1 unspecified atom stereocenters. The first-order chi connectivity index (χ1) is 50.1. The highest BCUT2D eigenvalue weighted by atomic mass is 16.2. The fourth-order valence-electron chi connectivity index (χ4n) is 15.6. The van der Waals surface area contributed by atoms with Gasteiger partial charge in [0.1, 0.15) is 17.6 Å². The highest BCUT2D eigenvalue weighted by Crippen LogP contribution is 2.36. The number of imidazole rings is 1. The van der Waals surface area contributed by atoms with Crippen LogP contribution in [0.1, 0.15) is 232 Å². The van der Waals surface area contributed by atoms with Crippen molar-refractivity contribution in [1.82, 2.24) is 56.2 Å². The number of para-hydroxylation sites is 1. The molecule has 2 aromatic carbocycles. The number of carbonyl (C=O) groups excluding carboxylic acids is 12. The second kappa shape index (κ2) is 43.0. The Bertz CT molecular complexity index is 3500. The lowest BCUT2D eigenvalue weighted by atomic mass is 9.83. The molecule has 2 aliphatic rings. The number of aromatic nitrogens is 3. The molecule has 2 aromatic heterocycles. The number of H-pyrrole nitrogens is 2. The van der Waals surface area contributed by atoms with Crippen LogP contribution in [-0.2, 0) is 72.0 Å². The molecule has 23 nitrogen and oxygen atoms in total. The van der Waals surface area contributed by atoms with Gasteiger partial charge in [0, 0.05) is 147 Å². The van der Waals surface area contributed by atoms with Crippen LogP contribution < -0.4 is 26.6 Å². The maximum Gasteiger partial charge on any atom is 0.243 e. The van der Waals surface area contributed by atoms with E-state index < -0.39 is 88.8 Å². The van der Waals surface area contributed by atoms with Gasteiger partial charge in [-0.3, -0.25) is 67.4 Å². The van der Waals surface area contributed by atoms with Crippen LogP contribution in [0.25, 0.3) is 10.9 Å². The summed E-state index contributed by atoms with van der Waals surface area (Å²) in [6.45, 7) is 28.2. The third kappa shape index (κ3) is 26.5. The summed E-state index contributed by atoms with van der Waals surface area (Å²) in [6.07, 6.45) is 13.7. The molecule has 105 heavy (non-hydrogen) atoms. The van der Waals surface area contributed by atoms with E-state index in [1.165, 1.54) is 59.0 Å². The zero-order chi connectivity index (χ0) is 76.9. The molecule has 1 saturated heterocycles. The maximum absolute atomic E-state index is 14.7. The minimum Gasteiger partial charge on any atom is -0.361 e. The number of fused-ring (bicyclic) bond motifs is 2. The first kappa shape index (κ1) is 86.0. The van der Waals surface area contributed by atoms with Gasteiger partial charge < -0.3 is 41.3 Å². The van der Waals surface area contributed by atoms with Crippen LogP contribution in [0.4, 0.5) is 0 Å². The van der Waals surface area contributed by atoms with Crippen molar-refractivity contribution in [2.75, 3.05) is 45.8 Å². The number of ketones is 7. The molecule has 578 valence electrons. The number of Topliss-reactive ketones (excluding diaryl/α,β-unsaturated/α-hetero) is 7. The van der Waals surface area contributed by atoms with Crippen LogP contribution in [0.15, 0.2) is 67.3 Å². The fourth-order valence-corrected chi connectivity index (χ4v) is 15.6. The van der Waals surface area contributed by atoms with Gasteiger partial charge in [0.15, 0.2) is 28.9 Å². The summed E-state index contributed by atoms with van der Waals surface area (Å²) in [5.41, 5.74) is 2.76. The number of rotatable bonds is 46. The maximum atomic E-state index is 14.7. The van der Waals surface area contributed by atoms with Gasteiger partial charge in [0.05, 0.1) is 31.0 Å². The van der Waals surface area contributed by atoms with Gasteiger partial charge in [-0.15, -0.1) is 0 Å². The number of carbonyl (C=O) groups is 12. The molecular weight excluding hydrogens is 1330 g/mol.